The van der Waals surface area contributed by atoms with E-state index in [4.69, 9.17) is 0 Å². The third-order valence-electron chi connectivity index (χ3n) is 2.77. The molecule has 0 amide bonds. The van der Waals surface area contributed by atoms with E-state index >= 15 is 0 Å². The fourth-order valence-electron chi connectivity index (χ4n) is 1.42. The van der Waals surface area contributed by atoms with Gasteiger partial charge in [-0.05, 0) is 18.4 Å². The van der Waals surface area contributed by atoms with Crippen LogP contribution in [0.5, 0.6) is 0 Å². The molecule has 0 spiro atoms. The molecule has 3 nitrogen and oxygen atoms in total. The standard InChI is InChI=1S/C11H18N2O/c1-7(2)9(4)11(14)10-8(3)6-12-13(10)5/h6-7,9H,1-5H3. The lowest BCUT2D eigenvalue weighted by Gasteiger charge is -2.14. The smallest absolute Gasteiger partial charge is 0.184 e. The molecule has 0 fully saturated rings. The maximum atomic E-state index is 12.0. The van der Waals surface area contributed by atoms with Crippen LogP contribution in [0.2, 0.25) is 0 Å². The fraction of sp³-hybridized carbons (Fsp3) is 0.636. The highest BCUT2D eigenvalue weighted by Crippen LogP contribution is 2.18. The molecule has 0 aliphatic carbocycles. The zero-order chi connectivity index (χ0) is 10.9. The summed E-state index contributed by atoms with van der Waals surface area (Å²) in [5, 5.41) is 4.07. The molecule has 14 heavy (non-hydrogen) atoms. The van der Waals surface area contributed by atoms with Gasteiger partial charge in [0.15, 0.2) is 5.78 Å². The average molecular weight is 194 g/mol. The van der Waals surface area contributed by atoms with Crippen LogP contribution in [0, 0.1) is 18.8 Å². The second-order valence-corrected chi connectivity index (χ2v) is 4.20. The first kappa shape index (κ1) is 11.0. The van der Waals surface area contributed by atoms with E-state index in [1.54, 1.807) is 10.9 Å². The lowest BCUT2D eigenvalue weighted by atomic mass is 9.91. The van der Waals surface area contributed by atoms with E-state index in [9.17, 15) is 4.79 Å². The van der Waals surface area contributed by atoms with Crippen molar-refractivity contribution >= 4 is 5.78 Å². The lowest BCUT2D eigenvalue weighted by molar-refractivity contribution is 0.0889. The summed E-state index contributed by atoms with van der Waals surface area (Å²) < 4.78 is 1.66. The van der Waals surface area contributed by atoms with Crippen LogP contribution in [0.4, 0.5) is 0 Å². The molecule has 0 N–H and O–H groups in total. The van der Waals surface area contributed by atoms with Crippen molar-refractivity contribution in [1.82, 2.24) is 9.78 Å². The Morgan fingerprint density at radius 1 is 1.43 bits per heavy atom. The summed E-state index contributed by atoms with van der Waals surface area (Å²) in [5.74, 6) is 0.624. The number of carbonyl (C=O) groups excluding carboxylic acids is 1. The minimum Gasteiger partial charge on any atom is -0.292 e. The van der Waals surface area contributed by atoms with Gasteiger partial charge in [-0.25, -0.2) is 0 Å². The summed E-state index contributed by atoms with van der Waals surface area (Å²) in [7, 11) is 1.81. The Balaban J connectivity index is 3.00. The first-order valence-electron chi connectivity index (χ1n) is 4.98. The zero-order valence-electron chi connectivity index (χ0n) is 9.53. The molecule has 0 radical (unpaired) electrons. The highest BCUT2D eigenvalue weighted by Gasteiger charge is 2.22. The van der Waals surface area contributed by atoms with Crippen molar-refractivity contribution in [3.05, 3.63) is 17.5 Å². The minimum absolute atomic E-state index is 0.0594. The van der Waals surface area contributed by atoms with Crippen LogP contribution >= 0.6 is 0 Å². The molecule has 3 heteroatoms. The Morgan fingerprint density at radius 3 is 2.36 bits per heavy atom. The molecule has 0 aromatic carbocycles. The predicted molar refractivity (Wildman–Crippen MR) is 56.3 cm³/mol. The quantitative estimate of drug-likeness (QED) is 0.691. The maximum Gasteiger partial charge on any atom is 0.184 e. The second kappa shape index (κ2) is 3.95. The van der Waals surface area contributed by atoms with Crippen molar-refractivity contribution < 1.29 is 4.79 Å². The van der Waals surface area contributed by atoms with Crippen LogP contribution in [0.25, 0.3) is 0 Å². The van der Waals surface area contributed by atoms with Gasteiger partial charge < -0.3 is 0 Å². The van der Waals surface area contributed by atoms with Crippen molar-refractivity contribution in [1.29, 1.82) is 0 Å². The van der Waals surface area contributed by atoms with Gasteiger partial charge in [-0.2, -0.15) is 5.10 Å². The Labute approximate surface area is 85.1 Å². The number of aromatic nitrogens is 2. The van der Waals surface area contributed by atoms with Gasteiger partial charge >= 0.3 is 0 Å². The van der Waals surface area contributed by atoms with E-state index in [1.807, 2.05) is 20.9 Å². The zero-order valence-corrected chi connectivity index (χ0v) is 9.53. The van der Waals surface area contributed by atoms with Crippen molar-refractivity contribution in [3.63, 3.8) is 0 Å². The molecule has 1 heterocycles. The molecule has 1 aromatic rings. The van der Waals surface area contributed by atoms with Crippen molar-refractivity contribution in [2.45, 2.75) is 27.7 Å². The number of hydrogen-bond donors (Lipinski definition) is 0. The highest BCUT2D eigenvalue weighted by atomic mass is 16.1. The van der Waals surface area contributed by atoms with Gasteiger partial charge in [-0.3, -0.25) is 9.48 Å². The number of hydrogen-bond acceptors (Lipinski definition) is 2. The van der Waals surface area contributed by atoms with Crippen LogP contribution < -0.4 is 0 Å². The van der Waals surface area contributed by atoms with Crippen molar-refractivity contribution in [2.75, 3.05) is 0 Å². The number of ketones is 1. The van der Waals surface area contributed by atoms with Gasteiger partial charge in [-0.15, -0.1) is 0 Å². The van der Waals surface area contributed by atoms with Gasteiger partial charge in [0, 0.05) is 13.0 Å². The molecule has 0 aliphatic rings. The third kappa shape index (κ3) is 1.86. The average Bonchev–Trinajstić information content (AvgIpc) is 2.44. The topological polar surface area (TPSA) is 34.9 Å². The summed E-state index contributed by atoms with van der Waals surface area (Å²) in [6.45, 7) is 8.02. The number of nitrogens with zero attached hydrogens (tertiary/aromatic N) is 2. The molecular weight excluding hydrogens is 176 g/mol. The van der Waals surface area contributed by atoms with Crippen LogP contribution in [-0.2, 0) is 7.05 Å². The van der Waals surface area contributed by atoms with E-state index in [-0.39, 0.29) is 11.7 Å². The number of carbonyl (C=O) groups is 1. The first-order chi connectivity index (χ1) is 6.45. The van der Waals surface area contributed by atoms with Crippen molar-refractivity contribution in [3.8, 4) is 0 Å². The van der Waals surface area contributed by atoms with Gasteiger partial charge in [0.1, 0.15) is 5.69 Å². The maximum absolute atomic E-state index is 12.0. The van der Waals surface area contributed by atoms with Gasteiger partial charge in [0.2, 0.25) is 0 Å². The number of rotatable bonds is 3. The lowest BCUT2D eigenvalue weighted by Crippen LogP contribution is -2.20. The van der Waals surface area contributed by atoms with Gasteiger partial charge in [-0.1, -0.05) is 20.8 Å². The van der Waals surface area contributed by atoms with E-state index in [1.165, 1.54) is 0 Å². The van der Waals surface area contributed by atoms with E-state index < -0.39 is 0 Å². The molecule has 78 valence electrons. The van der Waals surface area contributed by atoms with Crippen molar-refractivity contribution in [2.24, 2.45) is 18.9 Å². The minimum atomic E-state index is 0.0594. The van der Waals surface area contributed by atoms with Crippen LogP contribution in [-0.4, -0.2) is 15.6 Å². The SMILES string of the molecule is Cc1cnn(C)c1C(=O)C(C)C(C)C. The Bertz CT molecular complexity index is 320. The first-order valence-corrected chi connectivity index (χ1v) is 4.98. The molecular formula is C11H18N2O. The monoisotopic (exact) mass is 194 g/mol. The fourth-order valence-corrected chi connectivity index (χ4v) is 1.42. The summed E-state index contributed by atoms with van der Waals surface area (Å²) in [5.41, 5.74) is 1.70. The molecule has 0 saturated carbocycles. The largest absolute Gasteiger partial charge is 0.292 e. The second-order valence-electron chi connectivity index (χ2n) is 4.20. The van der Waals surface area contributed by atoms with Gasteiger partial charge in [0.05, 0.1) is 6.20 Å². The third-order valence-corrected chi connectivity index (χ3v) is 2.77. The summed E-state index contributed by atoms with van der Waals surface area (Å²) in [6.07, 6.45) is 1.74. The summed E-state index contributed by atoms with van der Waals surface area (Å²) in [4.78, 5) is 12.0. The van der Waals surface area contributed by atoms with E-state index in [0.717, 1.165) is 11.3 Å². The number of Topliss-reactive ketones (excluding diaryl/α,β-unsaturated/α-hetero) is 1. The predicted octanol–water partition coefficient (Wildman–Crippen LogP) is 2.20. The van der Waals surface area contributed by atoms with E-state index in [0.29, 0.717) is 5.92 Å². The highest BCUT2D eigenvalue weighted by molar-refractivity contribution is 5.97. The molecule has 1 atom stereocenters. The molecule has 1 aromatic heterocycles. The van der Waals surface area contributed by atoms with Crippen LogP contribution in [0.1, 0.15) is 36.8 Å². The molecule has 0 saturated heterocycles. The van der Waals surface area contributed by atoms with E-state index in [2.05, 4.69) is 18.9 Å². The summed E-state index contributed by atoms with van der Waals surface area (Å²) >= 11 is 0. The van der Waals surface area contributed by atoms with Crippen LogP contribution in [0.15, 0.2) is 6.20 Å². The normalized spacial score (nSPS) is 13.3. The Hall–Kier alpha value is -1.12. The molecule has 0 bridgehead atoms. The van der Waals surface area contributed by atoms with Crippen LogP contribution in [0.3, 0.4) is 0 Å². The Morgan fingerprint density at radius 2 is 2.00 bits per heavy atom. The molecule has 0 aliphatic heterocycles. The molecule has 1 rings (SSSR count). The Kier molecular flexibility index (Phi) is 3.09. The summed E-state index contributed by atoms with van der Waals surface area (Å²) in [6, 6.07) is 0. The number of aryl methyl sites for hydroxylation is 2. The molecule has 1 unspecified atom stereocenters. The van der Waals surface area contributed by atoms with Gasteiger partial charge in [0.25, 0.3) is 0 Å².